The van der Waals surface area contributed by atoms with Gasteiger partial charge in [0.05, 0.1) is 11.1 Å². The second-order valence-corrected chi connectivity index (χ2v) is 15.7. The summed E-state index contributed by atoms with van der Waals surface area (Å²) in [6, 6.07) is 42.8. The fourth-order valence-corrected chi connectivity index (χ4v) is 10.4. The molecule has 0 atom stereocenters. The van der Waals surface area contributed by atoms with Gasteiger partial charge in [0.2, 0.25) is 5.75 Å². The number of alkyl halides is 2. The Bertz CT molecular complexity index is 1730. The highest BCUT2D eigenvalue weighted by Gasteiger charge is 2.44. The topological polar surface area (TPSA) is 86.5 Å². The SMILES string of the molecule is O=C(CCCCC[P+](c1ccccc1)(c1ccccc1)c1ccccc1)Oc1ccc(-c2ccc(C(=O)C(Cl)Cl)cc2)cc1[N+](=O)[O-].[Br-]. The largest absolute Gasteiger partial charge is 1.00 e. The zero-order chi connectivity index (χ0) is 33.2. The highest BCUT2D eigenvalue weighted by Crippen LogP contribution is 2.56. The van der Waals surface area contributed by atoms with Crippen molar-refractivity contribution in [2.75, 3.05) is 6.16 Å². The summed E-state index contributed by atoms with van der Waals surface area (Å²) in [5.74, 6) is -1.06. The number of nitrogens with zero attached hydrogens (tertiary/aromatic N) is 1. The van der Waals surface area contributed by atoms with Crippen molar-refractivity contribution in [2.45, 2.75) is 30.5 Å². The van der Waals surface area contributed by atoms with Crippen LogP contribution in [-0.2, 0) is 4.79 Å². The van der Waals surface area contributed by atoms with E-state index in [9.17, 15) is 19.7 Å². The first-order valence-corrected chi connectivity index (χ1v) is 18.1. The summed E-state index contributed by atoms with van der Waals surface area (Å²) < 4.78 is 5.48. The number of halogens is 3. The Hall–Kier alpha value is -3.87. The predicted octanol–water partition coefficient (Wildman–Crippen LogP) is 5.71. The van der Waals surface area contributed by atoms with E-state index in [2.05, 4.69) is 72.8 Å². The summed E-state index contributed by atoms with van der Waals surface area (Å²) in [6.45, 7) is 0. The number of Topliss-reactive ketones (excluding diaryl/α,β-unsaturated/α-hetero) is 1. The first kappa shape index (κ1) is 37.0. The Kier molecular flexibility index (Phi) is 13.5. The molecule has 5 rings (SSSR count). The second-order valence-electron chi connectivity index (χ2n) is 11.0. The predicted molar refractivity (Wildman–Crippen MR) is 192 cm³/mol. The molecular weight excluding hydrogens is 732 g/mol. The van der Waals surface area contributed by atoms with E-state index < -0.39 is 28.8 Å². The quantitative estimate of drug-likeness (QED) is 0.0212. The van der Waals surface area contributed by atoms with Crippen LogP contribution < -0.4 is 37.6 Å². The number of carbonyl (C=O) groups excluding carboxylic acids is 2. The minimum absolute atomic E-state index is 0. The molecule has 10 heteroatoms. The molecule has 0 fully saturated rings. The second kappa shape index (κ2) is 17.5. The Labute approximate surface area is 301 Å². The van der Waals surface area contributed by atoms with Gasteiger partial charge in [0.15, 0.2) is 10.6 Å². The molecule has 0 amide bonds. The molecule has 246 valence electrons. The van der Waals surface area contributed by atoms with Crippen molar-refractivity contribution in [1.82, 2.24) is 0 Å². The Morgan fingerprint density at radius 3 is 1.67 bits per heavy atom. The van der Waals surface area contributed by atoms with Gasteiger partial charge in [-0.05, 0) is 72.9 Å². The molecule has 5 aromatic rings. The zero-order valence-electron chi connectivity index (χ0n) is 25.9. The average molecular weight is 765 g/mol. The standard InChI is InChI=1S/C38H33Cl2NO5P.BrH/c39-38(40)37(43)29-22-20-28(21-23-29)30-24-25-35(34(27-30)41(44)45)46-36(42)19-11-4-12-26-47(31-13-5-1-6-14-31,32-15-7-2-8-16-32)33-17-9-3-10-18-33;/h1-3,5-10,13-18,20-25,27,38H,4,11-12,19,26H2;1H/q+1;/p-1. The Morgan fingerprint density at radius 2 is 1.19 bits per heavy atom. The van der Waals surface area contributed by atoms with Crippen LogP contribution in [0, 0.1) is 10.1 Å². The number of nitro groups is 1. The number of esters is 1. The number of nitro benzene ring substituents is 1. The lowest BCUT2D eigenvalue weighted by Crippen LogP contribution is -3.00. The number of unbranched alkanes of at least 4 members (excludes halogenated alkanes) is 2. The lowest BCUT2D eigenvalue weighted by molar-refractivity contribution is -0.385. The van der Waals surface area contributed by atoms with Crippen LogP contribution in [0.2, 0.25) is 0 Å². The molecule has 0 saturated carbocycles. The van der Waals surface area contributed by atoms with E-state index in [1.54, 1.807) is 30.3 Å². The summed E-state index contributed by atoms with van der Waals surface area (Å²) >= 11 is 11.3. The summed E-state index contributed by atoms with van der Waals surface area (Å²) in [5, 5.41) is 15.8. The van der Waals surface area contributed by atoms with Crippen LogP contribution in [0.3, 0.4) is 0 Å². The van der Waals surface area contributed by atoms with E-state index >= 15 is 0 Å². The van der Waals surface area contributed by atoms with Gasteiger partial charge < -0.3 is 21.7 Å². The molecule has 0 aliphatic rings. The first-order chi connectivity index (χ1) is 22.8. The van der Waals surface area contributed by atoms with Crippen molar-refractivity contribution in [3.63, 3.8) is 0 Å². The third kappa shape index (κ3) is 8.77. The maximum absolute atomic E-state index is 12.8. The maximum atomic E-state index is 12.8. The van der Waals surface area contributed by atoms with Gasteiger partial charge in [-0.2, -0.15) is 0 Å². The molecule has 0 heterocycles. The fraction of sp³-hybridized carbons (Fsp3) is 0.158. The average Bonchev–Trinajstić information content (AvgIpc) is 3.11. The highest BCUT2D eigenvalue weighted by atomic mass is 79.9. The number of benzene rings is 5. The van der Waals surface area contributed by atoms with Gasteiger partial charge in [0, 0.05) is 18.1 Å². The molecule has 0 aliphatic carbocycles. The number of hydrogen-bond acceptors (Lipinski definition) is 5. The van der Waals surface area contributed by atoms with Crippen molar-refractivity contribution in [3.8, 4) is 16.9 Å². The molecule has 0 aliphatic heterocycles. The number of rotatable bonds is 14. The molecule has 0 radical (unpaired) electrons. The smallest absolute Gasteiger partial charge is 0.312 e. The van der Waals surface area contributed by atoms with Gasteiger partial charge in [-0.15, -0.1) is 0 Å². The van der Waals surface area contributed by atoms with Gasteiger partial charge in [-0.1, -0.05) is 108 Å². The van der Waals surface area contributed by atoms with E-state index in [-0.39, 0.29) is 34.8 Å². The van der Waals surface area contributed by atoms with Gasteiger partial charge in [-0.25, -0.2) is 0 Å². The molecule has 5 aromatic carbocycles. The van der Waals surface area contributed by atoms with Crippen molar-refractivity contribution in [3.05, 3.63) is 149 Å². The molecule has 0 spiro atoms. The summed E-state index contributed by atoms with van der Waals surface area (Å²) in [4.78, 5) is 35.0. The van der Waals surface area contributed by atoms with Crippen molar-refractivity contribution >= 4 is 63.8 Å². The number of ether oxygens (including phenoxy) is 1. The van der Waals surface area contributed by atoms with Gasteiger partial charge in [-0.3, -0.25) is 19.7 Å². The monoisotopic (exact) mass is 763 g/mol. The van der Waals surface area contributed by atoms with Crippen LogP contribution in [0.1, 0.15) is 36.0 Å². The van der Waals surface area contributed by atoms with Crippen molar-refractivity contribution in [2.24, 2.45) is 0 Å². The zero-order valence-corrected chi connectivity index (χ0v) is 29.9. The van der Waals surface area contributed by atoms with Gasteiger partial charge >= 0.3 is 11.7 Å². The summed E-state index contributed by atoms with van der Waals surface area (Å²) in [7, 11) is -1.95. The highest BCUT2D eigenvalue weighted by molar-refractivity contribution is 7.95. The lowest BCUT2D eigenvalue weighted by Gasteiger charge is -2.27. The van der Waals surface area contributed by atoms with Crippen LogP contribution in [0.5, 0.6) is 5.75 Å². The number of carbonyl (C=O) groups is 2. The van der Waals surface area contributed by atoms with Crippen LogP contribution in [-0.4, -0.2) is 27.7 Å². The van der Waals surface area contributed by atoms with E-state index in [1.165, 1.54) is 28.0 Å². The van der Waals surface area contributed by atoms with Crippen LogP contribution in [0.25, 0.3) is 11.1 Å². The minimum Gasteiger partial charge on any atom is -1.00 e. The van der Waals surface area contributed by atoms with Crippen molar-refractivity contribution in [1.29, 1.82) is 0 Å². The molecule has 48 heavy (non-hydrogen) atoms. The number of ketones is 1. The van der Waals surface area contributed by atoms with Gasteiger partial charge in [0.25, 0.3) is 0 Å². The van der Waals surface area contributed by atoms with E-state index in [0.29, 0.717) is 23.1 Å². The molecule has 6 nitrogen and oxygen atoms in total. The number of hydrogen-bond donors (Lipinski definition) is 0. The summed E-state index contributed by atoms with van der Waals surface area (Å²) in [5.41, 5.74) is 1.19. The maximum Gasteiger partial charge on any atom is 0.312 e. The minimum atomic E-state index is -1.95. The molecule has 0 bridgehead atoms. The normalized spacial score (nSPS) is 11.1. The van der Waals surface area contributed by atoms with Crippen LogP contribution in [0.15, 0.2) is 133 Å². The van der Waals surface area contributed by atoms with Gasteiger partial charge in [0.1, 0.15) is 23.2 Å². The summed E-state index contributed by atoms with van der Waals surface area (Å²) in [6.07, 6.45) is 3.39. The lowest BCUT2D eigenvalue weighted by atomic mass is 10.0. The first-order valence-electron chi connectivity index (χ1n) is 15.3. The van der Waals surface area contributed by atoms with E-state index in [0.717, 1.165) is 19.0 Å². The molecule has 0 N–H and O–H groups in total. The molecule has 0 aromatic heterocycles. The molecular formula is C38H33BrCl2NO5P. The molecule has 0 saturated heterocycles. The van der Waals surface area contributed by atoms with E-state index in [1.807, 2.05) is 18.2 Å². The van der Waals surface area contributed by atoms with E-state index in [4.69, 9.17) is 27.9 Å². The third-order valence-electron chi connectivity index (χ3n) is 8.05. The van der Waals surface area contributed by atoms with Crippen LogP contribution in [0.4, 0.5) is 5.69 Å². The van der Waals surface area contributed by atoms with Crippen LogP contribution >= 0.6 is 30.5 Å². The third-order valence-corrected chi connectivity index (χ3v) is 13.0. The molecule has 0 unspecified atom stereocenters. The Morgan fingerprint density at radius 1 is 0.688 bits per heavy atom. The fourth-order valence-electron chi connectivity index (χ4n) is 5.73. The van der Waals surface area contributed by atoms with Crippen molar-refractivity contribution < 1.29 is 36.2 Å². The Balaban J connectivity index is 0.00000520.